The third-order valence-electron chi connectivity index (χ3n) is 2.43. The maximum absolute atomic E-state index is 12.5. The summed E-state index contributed by atoms with van der Waals surface area (Å²) in [5.74, 6) is -0.316. The second-order valence-corrected chi connectivity index (χ2v) is 4.01. The van der Waals surface area contributed by atoms with Gasteiger partial charge < -0.3 is 0 Å². The maximum Gasteiger partial charge on any atom is 0.263 e. The van der Waals surface area contributed by atoms with E-state index in [0.29, 0.717) is 5.56 Å². The number of aromatic nitrogens is 1. The zero-order valence-electron chi connectivity index (χ0n) is 9.11. The first-order valence-electron chi connectivity index (χ1n) is 5.12. The number of carbonyl (C=O) groups is 1. The van der Waals surface area contributed by atoms with E-state index in [1.807, 2.05) is 0 Å². The summed E-state index contributed by atoms with van der Waals surface area (Å²) in [6.07, 6.45) is 0.358. The summed E-state index contributed by atoms with van der Waals surface area (Å²) in [6, 6.07) is 6.71. The van der Waals surface area contributed by atoms with Gasteiger partial charge in [0.1, 0.15) is 0 Å². The first-order valence-corrected chi connectivity index (χ1v) is 5.49. The fourth-order valence-electron chi connectivity index (χ4n) is 1.51. The van der Waals surface area contributed by atoms with Crippen LogP contribution in [-0.4, -0.2) is 10.8 Å². The van der Waals surface area contributed by atoms with Gasteiger partial charge in [0.25, 0.3) is 6.43 Å². The van der Waals surface area contributed by atoms with E-state index in [9.17, 15) is 13.6 Å². The van der Waals surface area contributed by atoms with Crippen molar-refractivity contribution in [2.45, 2.75) is 6.43 Å². The Labute approximate surface area is 107 Å². The Morgan fingerprint density at radius 1 is 1.17 bits per heavy atom. The van der Waals surface area contributed by atoms with Crippen LogP contribution in [0.5, 0.6) is 0 Å². The number of alkyl halides is 2. The molecule has 0 aliphatic rings. The number of benzene rings is 1. The molecule has 2 rings (SSSR count). The SMILES string of the molecule is O=C(c1ccncc1)c1ccc(C(F)F)cc1Cl. The number of carbonyl (C=O) groups excluding carboxylic acids is 1. The van der Waals surface area contributed by atoms with Gasteiger partial charge in [0, 0.05) is 29.1 Å². The van der Waals surface area contributed by atoms with Crippen LogP contribution < -0.4 is 0 Å². The van der Waals surface area contributed by atoms with E-state index in [-0.39, 0.29) is 21.9 Å². The van der Waals surface area contributed by atoms with Crippen LogP contribution in [0.3, 0.4) is 0 Å². The number of pyridine rings is 1. The van der Waals surface area contributed by atoms with Crippen molar-refractivity contribution in [1.82, 2.24) is 4.98 Å². The highest BCUT2D eigenvalue weighted by atomic mass is 35.5. The van der Waals surface area contributed by atoms with Gasteiger partial charge in [-0.15, -0.1) is 0 Å². The minimum absolute atomic E-state index is 0.0228. The van der Waals surface area contributed by atoms with E-state index in [0.717, 1.165) is 6.07 Å². The molecule has 0 fully saturated rings. The van der Waals surface area contributed by atoms with Gasteiger partial charge in [-0.3, -0.25) is 9.78 Å². The summed E-state index contributed by atoms with van der Waals surface area (Å²) in [4.78, 5) is 15.8. The molecule has 1 aromatic carbocycles. The molecule has 2 nitrogen and oxygen atoms in total. The first-order chi connectivity index (χ1) is 8.59. The zero-order valence-corrected chi connectivity index (χ0v) is 9.86. The van der Waals surface area contributed by atoms with Crippen molar-refractivity contribution >= 4 is 17.4 Å². The maximum atomic E-state index is 12.5. The van der Waals surface area contributed by atoms with Gasteiger partial charge in [-0.25, -0.2) is 8.78 Å². The fourth-order valence-corrected chi connectivity index (χ4v) is 1.78. The smallest absolute Gasteiger partial charge is 0.263 e. The lowest BCUT2D eigenvalue weighted by molar-refractivity contribution is 0.103. The number of hydrogen-bond donors (Lipinski definition) is 0. The quantitative estimate of drug-likeness (QED) is 0.790. The lowest BCUT2D eigenvalue weighted by Gasteiger charge is -2.06. The van der Waals surface area contributed by atoms with Crippen molar-refractivity contribution in [3.05, 3.63) is 64.4 Å². The van der Waals surface area contributed by atoms with E-state index in [2.05, 4.69) is 4.98 Å². The second-order valence-electron chi connectivity index (χ2n) is 3.60. The molecule has 0 saturated carbocycles. The van der Waals surface area contributed by atoms with Gasteiger partial charge in [0.15, 0.2) is 5.78 Å². The number of rotatable bonds is 3. The zero-order chi connectivity index (χ0) is 13.1. The molecule has 0 aliphatic heterocycles. The highest BCUT2D eigenvalue weighted by Gasteiger charge is 2.15. The topological polar surface area (TPSA) is 30.0 Å². The van der Waals surface area contributed by atoms with Crippen LogP contribution in [0.4, 0.5) is 8.78 Å². The Balaban J connectivity index is 2.38. The second kappa shape index (κ2) is 5.23. The molecule has 0 amide bonds. The standard InChI is InChI=1S/C13H8ClF2NO/c14-11-7-9(13(15)16)1-2-10(11)12(18)8-3-5-17-6-4-8/h1-7,13H. The molecule has 1 heterocycles. The van der Waals surface area contributed by atoms with Gasteiger partial charge in [-0.05, 0) is 24.3 Å². The van der Waals surface area contributed by atoms with Crippen molar-refractivity contribution in [3.63, 3.8) is 0 Å². The third-order valence-corrected chi connectivity index (χ3v) is 2.74. The van der Waals surface area contributed by atoms with E-state index in [4.69, 9.17) is 11.6 Å². The molecular formula is C13H8ClF2NO. The van der Waals surface area contributed by atoms with Crippen LogP contribution >= 0.6 is 11.6 Å². The molecule has 0 N–H and O–H groups in total. The summed E-state index contributed by atoms with van der Waals surface area (Å²) in [5, 5.41) is 0.0228. The summed E-state index contributed by atoms with van der Waals surface area (Å²) >= 11 is 5.85. The summed E-state index contributed by atoms with van der Waals surface area (Å²) in [6.45, 7) is 0. The van der Waals surface area contributed by atoms with E-state index < -0.39 is 6.43 Å². The van der Waals surface area contributed by atoms with Crippen molar-refractivity contribution in [2.75, 3.05) is 0 Å². The summed E-state index contributed by atoms with van der Waals surface area (Å²) in [7, 11) is 0. The minimum Gasteiger partial charge on any atom is -0.289 e. The predicted molar refractivity (Wildman–Crippen MR) is 64.1 cm³/mol. The normalized spacial score (nSPS) is 10.7. The van der Waals surface area contributed by atoms with Crippen molar-refractivity contribution < 1.29 is 13.6 Å². The molecule has 0 aliphatic carbocycles. The number of ketones is 1. The molecule has 5 heteroatoms. The summed E-state index contributed by atoms with van der Waals surface area (Å²) < 4.78 is 24.9. The highest BCUT2D eigenvalue weighted by molar-refractivity contribution is 6.35. The van der Waals surface area contributed by atoms with Crippen molar-refractivity contribution in [1.29, 1.82) is 0 Å². The largest absolute Gasteiger partial charge is 0.289 e. The molecular weight excluding hydrogens is 260 g/mol. The van der Waals surface area contributed by atoms with Crippen LogP contribution in [0.15, 0.2) is 42.7 Å². The van der Waals surface area contributed by atoms with E-state index in [1.165, 1.54) is 24.5 Å². The predicted octanol–water partition coefficient (Wildman–Crippen LogP) is 3.90. The Bertz CT molecular complexity index is 572. The highest BCUT2D eigenvalue weighted by Crippen LogP contribution is 2.26. The monoisotopic (exact) mass is 267 g/mol. The number of halogens is 3. The Morgan fingerprint density at radius 2 is 1.83 bits per heavy atom. The fraction of sp³-hybridized carbons (Fsp3) is 0.0769. The van der Waals surface area contributed by atoms with Gasteiger partial charge >= 0.3 is 0 Å². The molecule has 0 radical (unpaired) electrons. The average molecular weight is 268 g/mol. The number of hydrogen-bond acceptors (Lipinski definition) is 2. The van der Waals surface area contributed by atoms with Crippen LogP contribution in [0.25, 0.3) is 0 Å². The molecule has 0 unspecified atom stereocenters. The van der Waals surface area contributed by atoms with Gasteiger partial charge in [0.05, 0.1) is 5.02 Å². The van der Waals surface area contributed by atoms with E-state index >= 15 is 0 Å². The third kappa shape index (κ3) is 2.54. The van der Waals surface area contributed by atoms with Gasteiger partial charge in [0.2, 0.25) is 0 Å². The number of nitrogens with zero attached hydrogens (tertiary/aromatic N) is 1. The van der Waals surface area contributed by atoms with Gasteiger partial charge in [-0.2, -0.15) is 0 Å². The van der Waals surface area contributed by atoms with Crippen LogP contribution in [0, 0.1) is 0 Å². The summed E-state index contributed by atoms with van der Waals surface area (Å²) in [5.41, 5.74) is 0.412. The van der Waals surface area contributed by atoms with E-state index in [1.54, 1.807) is 12.1 Å². The molecule has 92 valence electrons. The molecule has 1 aromatic heterocycles. The lowest BCUT2D eigenvalue weighted by Crippen LogP contribution is -2.02. The van der Waals surface area contributed by atoms with Crippen molar-refractivity contribution in [2.24, 2.45) is 0 Å². The molecule has 0 spiro atoms. The van der Waals surface area contributed by atoms with Crippen LogP contribution in [-0.2, 0) is 0 Å². The lowest BCUT2D eigenvalue weighted by atomic mass is 10.0. The Hall–Kier alpha value is -1.81. The molecule has 18 heavy (non-hydrogen) atoms. The van der Waals surface area contributed by atoms with Gasteiger partial charge in [-0.1, -0.05) is 17.7 Å². The van der Waals surface area contributed by atoms with Crippen LogP contribution in [0.2, 0.25) is 5.02 Å². The van der Waals surface area contributed by atoms with Crippen LogP contribution in [0.1, 0.15) is 27.9 Å². The molecule has 2 aromatic rings. The molecule has 0 atom stereocenters. The van der Waals surface area contributed by atoms with Crippen molar-refractivity contribution in [3.8, 4) is 0 Å². The minimum atomic E-state index is -2.60. The molecule has 0 saturated heterocycles. The Kier molecular flexibility index (Phi) is 3.67. The Morgan fingerprint density at radius 3 is 2.39 bits per heavy atom. The molecule has 0 bridgehead atoms. The first kappa shape index (κ1) is 12.6. The average Bonchev–Trinajstić information content (AvgIpc) is 2.38.